The molecule has 0 aliphatic heterocycles. The SMILES string of the molecule is C[C@@H](N)Cc1ccc(Cl)cc1O. The van der Waals surface area contributed by atoms with Gasteiger partial charge in [-0.15, -0.1) is 0 Å². The standard InChI is InChI=1S/C9H12ClNO/c1-6(11)4-7-2-3-8(10)5-9(7)12/h2-3,5-6,12H,4,11H2,1H3/t6-/m1/s1. The minimum Gasteiger partial charge on any atom is -0.508 e. The van der Waals surface area contributed by atoms with Crippen molar-refractivity contribution in [1.82, 2.24) is 0 Å². The minimum atomic E-state index is 0.0528. The van der Waals surface area contributed by atoms with Crippen LogP contribution in [-0.2, 0) is 6.42 Å². The third-order valence-electron chi connectivity index (χ3n) is 1.59. The maximum atomic E-state index is 9.40. The Bertz CT molecular complexity index is 273. The molecule has 0 unspecified atom stereocenters. The molecule has 2 nitrogen and oxygen atoms in total. The molecule has 1 aromatic rings. The quantitative estimate of drug-likeness (QED) is 0.740. The van der Waals surface area contributed by atoms with Crippen molar-refractivity contribution in [2.45, 2.75) is 19.4 Å². The van der Waals surface area contributed by atoms with Gasteiger partial charge in [0.2, 0.25) is 0 Å². The van der Waals surface area contributed by atoms with E-state index in [9.17, 15) is 5.11 Å². The van der Waals surface area contributed by atoms with Crippen LogP contribution >= 0.6 is 11.6 Å². The molecule has 66 valence electrons. The number of rotatable bonds is 2. The first-order valence-electron chi connectivity index (χ1n) is 3.82. The zero-order valence-corrected chi connectivity index (χ0v) is 7.67. The van der Waals surface area contributed by atoms with Crippen LogP contribution in [0.5, 0.6) is 5.75 Å². The van der Waals surface area contributed by atoms with Gasteiger partial charge in [-0.3, -0.25) is 0 Å². The summed E-state index contributed by atoms with van der Waals surface area (Å²) in [5.41, 5.74) is 6.43. The molecule has 0 spiro atoms. The number of aromatic hydroxyl groups is 1. The smallest absolute Gasteiger partial charge is 0.120 e. The van der Waals surface area contributed by atoms with E-state index >= 15 is 0 Å². The molecular formula is C9H12ClNO. The second-order valence-electron chi connectivity index (χ2n) is 2.95. The predicted octanol–water partition coefficient (Wildman–Crippen LogP) is 1.94. The van der Waals surface area contributed by atoms with Gasteiger partial charge in [-0.25, -0.2) is 0 Å². The van der Waals surface area contributed by atoms with Crippen LogP contribution in [0.2, 0.25) is 5.02 Å². The molecular weight excluding hydrogens is 174 g/mol. The van der Waals surface area contributed by atoms with Crippen LogP contribution in [0.25, 0.3) is 0 Å². The third-order valence-corrected chi connectivity index (χ3v) is 1.82. The minimum absolute atomic E-state index is 0.0528. The topological polar surface area (TPSA) is 46.2 Å². The highest BCUT2D eigenvalue weighted by Crippen LogP contribution is 2.22. The first-order chi connectivity index (χ1) is 5.59. The van der Waals surface area contributed by atoms with E-state index in [4.69, 9.17) is 17.3 Å². The van der Waals surface area contributed by atoms with Gasteiger partial charge in [0.05, 0.1) is 0 Å². The zero-order chi connectivity index (χ0) is 9.14. The highest BCUT2D eigenvalue weighted by Gasteiger charge is 2.03. The first kappa shape index (κ1) is 9.36. The Kier molecular flexibility index (Phi) is 2.95. The summed E-state index contributed by atoms with van der Waals surface area (Å²) in [6, 6.07) is 5.12. The summed E-state index contributed by atoms with van der Waals surface area (Å²) in [6.45, 7) is 1.90. The van der Waals surface area contributed by atoms with Crippen LogP contribution in [-0.4, -0.2) is 11.1 Å². The fourth-order valence-electron chi connectivity index (χ4n) is 1.06. The van der Waals surface area contributed by atoms with Crippen molar-refractivity contribution in [1.29, 1.82) is 0 Å². The van der Waals surface area contributed by atoms with Crippen LogP contribution in [0, 0.1) is 0 Å². The molecule has 3 N–H and O–H groups in total. The molecule has 0 radical (unpaired) electrons. The summed E-state index contributed by atoms with van der Waals surface area (Å²) in [7, 11) is 0. The van der Waals surface area contributed by atoms with E-state index in [0.29, 0.717) is 11.4 Å². The van der Waals surface area contributed by atoms with Gasteiger partial charge in [0.25, 0.3) is 0 Å². The Morgan fingerprint density at radius 3 is 2.75 bits per heavy atom. The van der Waals surface area contributed by atoms with Gasteiger partial charge in [-0.2, -0.15) is 0 Å². The van der Waals surface area contributed by atoms with E-state index in [0.717, 1.165) is 5.56 Å². The van der Waals surface area contributed by atoms with Crippen molar-refractivity contribution in [2.24, 2.45) is 5.73 Å². The van der Waals surface area contributed by atoms with E-state index in [1.807, 2.05) is 6.92 Å². The van der Waals surface area contributed by atoms with Crippen molar-refractivity contribution in [3.8, 4) is 5.75 Å². The second-order valence-corrected chi connectivity index (χ2v) is 3.39. The molecule has 3 heteroatoms. The van der Waals surface area contributed by atoms with Crippen molar-refractivity contribution in [3.05, 3.63) is 28.8 Å². The van der Waals surface area contributed by atoms with Gasteiger partial charge >= 0.3 is 0 Å². The summed E-state index contributed by atoms with van der Waals surface area (Å²) in [5, 5.41) is 9.94. The number of nitrogens with two attached hydrogens (primary N) is 1. The highest BCUT2D eigenvalue weighted by atomic mass is 35.5. The monoisotopic (exact) mass is 185 g/mol. The van der Waals surface area contributed by atoms with E-state index in [2.05, 4.69) is 0 Å². The maximum Gasteiger partial charge on any atom is 0.120 e. The molecule has 0 amide bonds. The van der Waals surface area contributed by atoms with Gasteiger partial charge < -0.3 is 10.8 Å². The summed E-state index contributed by atoms with van der Waals surface area (Å²) >= 11 is 5.66. The van der Waals surface area contributed by atoms with Crippen molar-refractivity contribution < 1.29 is 5.11 Å². The van der Waals surface area contributed by atoms with Gasteiger partial charge in [0.1, 0.15) is 5.75 Å². The maximum absolute atomic E-state index is 9.40. The van der Waals surface area contributed by atoms with Crippen molar-refractivity contribution >= 4 is 11.6 Å². The summed E-state index contributed by atoms with van der Waals surface area (Å²) in [5.74, 6) is 0.222. The number of phenolic OH excluding ortho intramolecular Hbond substituents is 1. The van der Waals surface area contributed by atoms with Crippen LogP contribution in [0.3, 0.4) is 0 Å². The number of hydrogen-bond donors (Lipinski definition) is 2. The molecule has 0 bridgehead atoms. The molecule has 0 saturated carbocycles. The van der Waals surface area contributed by atoms with Crippen LogP contribution in [0.4, 0.5) is 0 Å². The lowest BCUT2D eigenvalue weighted by molar-refractivity contribution is 0.465. The van der Waals surface area contributed by atoms with Crippen LogP contribution in [0.1, 0.15) is 12.5 Å². The van der Waals surface area contributed by atoms with Crippen molar-refractivity contribution in [3.63, 3.8) is 0 Å². The molecule has 0 aliphatic rings. The highest BCUT2D eigenvalue weighted by molar-refractivity contribution is 6.30. The van der Waals surface area contributed by atoms with Crippen molar-refractivity contribution in [2.75, 3.05) is 0 Å². The molecule has 0 aliphatic carbocycles. The Morgan fingerprint density at radius 1 is 1.58 bits per heavy atom. The Morgan fingerprint density at radius 2 is 2.25 bits per heavy atom. The van der Waals surface area contributed by atoms with E-state index < -0.39 is 0 Å². The van der Waals surface area contributed by atoms with Crippen LogP contribution in [0.15, 0.2) is 18.2 Å². The summed E-state index contributed by atoms with van der Waals surface area (Å²) in [6.07, 6.45) is 0.670. The van der Waals surface area contributed by atoms with Gasteiger partial charge in [-0.05, 0) is 31.0 Å². The lowest BCUT2D eigenvalue weighted by Crippen LogP contribution is -2.17. The Hall–Kier alpha value is -0.730. The molecule has 0 saturated heterocycles. The lowest BCUT2D eigenvalue weighted by Gasteiger charge is -2.07. The molecule has 1 rings (SSSR count). The molecule has 1 atom stereocenters. The first-order valence-corrected chi connectivity index (χ1v) is 4.20. The van der Waals surface area contributed by atoms with Gasteiger partial charge in [-0.1, -0.05) is 17.7 Å². The average molecular weight is 186 g/mol. The number of hydrogen-bond acceptors (Lipinski definition) is 2. The zero-order valence-electron chi connectivity index (χ0n) is 6.92. The summed E-state index contributed by atoms with van der Waals surface area (Å²) < 4.78 is 0. The van der Waals surface area contributed by atoms with Gasteiger partial charge in [0.15, 0.2) is 0 Å². The molecule has 0 aromatic heterocycles. The second kappa shape index (κ2) is 3.78. The van der Waals surface area contributed by atoms with Crippen LogP contribution < -0.4 is 5.73 Å². The molecule has 0 heterocycles. The normalized spacial score (nSPS) is 12.9. The van der Waals surface area contributed by atoms with E-state index in [1.165, 1.54) is 6.07 Å². The third kappa shape index (κ3) is 2.40. The van der Waals surface area contributed by atoms with E-state index in [-0.39, 0.29) is 11.8 Å². The summed E-state index contributed by atoms with van der Waals surface area (Å²) in [4.78, 5) is 0. The predicted molar refractivity (Wildman–Crippen MR) is 50.5 cm³/mol. The Balaban J connectivity index is 2.86. The fraction of sp³-hybridized carbons (Fsp3) is 0.333. The lowest BCUT2D eigenvalue weighted by atomic mass is 10.1. The molecule has 1 aromatic carbocycles. The molecule has 0 fully saturated rings. The molecule has 12 heavy (non-hydrogen) atoms. The number of benzene rings is 1. The number of halogens is 1. The van der Waals surface area contributed by atoms with E-state index in [1.54, 1.807) is 12.1 Å². The fourth-order valence-corrected chi connectivity index (χ4v) is 1.22. The average Bonchev–Trinajstić information content (AvgIpc) is 1.94. The van der Waals surface area contributed by atoms with Gasteiger partial charge in [0, 0.05) is 11.1 Å². The Labute approximate surface area is 77.0 Å². The number of phenols is 1. The largest absolute Gasteiger partial charge is 0.508 e.